The second-order valence-electron chi connectivity index (χ2n) is 10.5. The van der Waals surface area contributed by atoms with Crippen LogP contribution in [0.1, 0.15) is 5.56 Å². The molecule has 6 aromatic rings. The zero-order valence-electron chi connectivity index (χ0n) is 22.1. The van der Waals surface area contributed by atoms with E-state index in [0.29, 0.717) is 0 Å². The summed E-state index contributed by atoms with van der Waals surface area (Å²) in [6.07, 6.45) is 0. The zero-order valence-corrected chi connectivity index (χ0v) is 22.1. The van der Waals surface area contributed by atoms with Crippen LogP contribution in [0.2, 0.25) is 0 Å². The lowest BCUT2D eigenvalue weighted by molar-refractivity contribution is 0.466. The number of ether oxygens (including phenoxy) is 2. The van der Waals surface area contributed by atoms with Crippen LogP contribution in [0.15, 0.2) is 133 Å². The first kappa shape index (κ1) is 22.9. The van der Waals surface area contributed by atoms with Gasteiger partial charge in [-0.25, -0.2) is 0 Å². The summed E-state index contributed by atoms with van der Waals surface area (Å²) in [5, 5.41) is 0. The largest absolute Gasteiger partial charge is 0.458 e. The van der Waals surface area contributed by atoms with Crippen molar-refractivity contribution in [3.05, 3.63) is 139 Å². The molecule has 0 unspecified atom stereocenters. The average molecular weight is 512 g/mol. The Labute approximate surface area is 234 Å². The van der Waals surface area contributed by atoms with Crippen molar-refractivity contribution in [2.75, 3.05) is 0 Å². The number of benzene rings is 6. The Hall–Kier alpha value is -5.02. The predicted octanol–water partition coefficient (Wildman–Crippen LogP) is 7.72. The van der Waals surface area contributed by atoms with E-state index in [2.05, 4.69) is 128 Å². The molecule has 3 heteroatoms. The van der Waals surface area contributed by atoms with Gasteiger partial charge in [-0.2, -0.15) is 0 Å². The van der Waals surface area contributed by atoms with Crippen LogP contribution in [0.4, 0.5) is 0 Å². The van der Waals surface area contributed by atoms with Gasteiger partial charge in [-0.15, -0.1) is 0 Å². The monoisotopic (exact) mass is 512 g/mol. The summed E-state index contributed by atoms with van der Waals surface area (Å²) >= 11 is 0. The topological polar surface area (TPSA) is 18.5 Å². The molecule has 2 heterocycles. The number of para-hydroxylation sites is 1. The number of fused-ring (bicyclic) bond motifs is 4. The fraction of sp³-hybridized carbons (Fsp3) is 0.0270. The lowest BCUT2D eigenvalue weighted by Crippen LogP contribution is -2.57. The molecule has 0 aromatic heterocycles. The smallest absolute Gasteiger partial charge is 0.260 e. The molecular weight excluding hydrogens is 487 g/mol. The highest BCUT2D eigenvalue weighted by Crippen LogP contribution is 2.42. The van der Waals surface area contributed by atoms with Crippen molar-refractivity contribution in [2.45, 2.75) is 6.92 Å². The van der Waals surface area contributed by atoms with Gasteiger partial charge in [0.25, 0.3) is 6.71 Å². The van der Waals surface area contributed by atoms with Crippen molar-refractivity contribution in [1.82, 2.24) is 0 Å². The van der Waals surface area contributed by atoms with E-state index in [-0.39, 0.29) is 6.71 Å². The molecular formula is C37H25BO2. The van der Waals surface area contributed by atoms with Crippen LogP contribution in [-0.4, -0.2) is 6.71 Å². The predicted molar refractivity (Wildman–Crippen MR) is 165 cm³/mol. The highest BCUT2D eigenvalue weighted by Gasteiger charge is 2.41. The van der Waals surface area contributed by atoms with E-state index in [9.17, 15) is 0 Å². The minimum Gasteiger partial charge on any atom is -0.458 e. The Balaban J connectivity index is 1.38. The van der Waals surface area contributed by atoms with E-state index < -0.39 is 0 Å². The molecule has 2 aliphatic heterocycles. The Morgan fingerprint density at radius 3 is 1.82 bits per heavy atom. The lowest BCUT2D eigenvalue weighted by Gasteiger charge is -2.34. The second kappa shape index (κ2) is 9.03. The minimum atomic E-state index is 0.0103. The van der Waals surface area contributed by atoms with Gasteiger partial charge in [0.2, 0.25) is 0 Å². The van der Waals surface area contributed by atoms with Crippen LogP contribution >= 0.6 is 0 Å². The molecule has 0 spiro atoms. The number of rotatable bonds is 3. The molecule has 0 saturated heterocycles. The SMILES string of the molecule is Cc1ccccc1-c1cccc2c1Oc1cc(-c3ccccc3)cc3c1B2c1ccc(-c2ccccc2)cc1O3. The minimum absolute atomic E-state index is 0.0103. The number of hydrogen-bond acceptors (Lipinski definition) is 2. The Kier molecular flexibility index (Phi) is 5.18. The molecule has 40 heavy (non-hydrogen) atoms. The first-order valence-corrected chi connectivity index (χ1v) is 13.7. The molecule has 0 N–H and O–H groups in total. The standard InChI is InChI=1S/C37H25BO2/c1-24-11-8-9-16-29(24)30-17-10-18-32-37(30)40-35-23-28(26-14-6-3-7-15-26)22-34-36(35)38(32)31-20-19-27(21-33(31)39-34)25-12-4-2-5-13-25/h2-23H,1H3. The second-order valence-corrected chi connectivity index (χ2v) is 10.5. The zero-order chi connectivity index (χ0) is 26.6. The van der Waals surface area contributed by atoms with E-state index in [1.807, 2.05) is 12.1 Å². The van der Waals surface area contributed by atoms with Crippen molar-refractivity contribution >= 4 is 23.1 Å². The molecule has 0 radical (unpaired) electrons. The normalized spacial score (nSPS) is 12.5. The Morgan fingerprint density at radius 1 is 0.450 bits per heavy atom. The fourth-order valence-corrected chi connectivity index (χ4v) is 6.21. The maximum atomic E-state index is 6.86. The summed E-state index contributed by atoms with van der Waals surface area (Å²) < 4.78 is 13.6. The van der Waals surface area contributed by atoms with Crippen LogP contribution in [-0.2, 0) is 0 Å². The highest BCUT2D eigenvalue weighted by atomic mass is 16.5. The molecule has 8 rings (SSSR count). The Bertz CT molecular complexity index is 1910. The summed E-state index contributed by atoms with van der Waals surface area (Å²) in [6.45, 7) is 2.17. The van der Waals surface area contributed by atoms with E-state index in [1.165, 1.54) is 22.2 Å². The summed E-state index contributed by atoms with van der Waals surface area (Å²) in [4.78, 5) is 0. The van der Waals surface area contributed by atoms with Gasteiger partial charge >= 0.3 is 0 Å². The molecule has 0 fully saturated rings. The van der Waals surface area contributed by atoms with Gasteiger partial charge in [-0.1, -0.05) is 115 Å². The average Bonchev–Trinajstić information content (AvgIpc) is 3.01. The third-order valence-corrected chi connectivity index (χ3v) is 8.16. The molecule has 2 aliphatic rings. The van der Waals surface area contributed by atoms with Crippen LogP contribution in [0.5, 0.6) is 23.0 Å². The number of aryl methyl sites for hydroxylation is 1. The fourth-order valence-electron chi connectivity index (χ4n) is 6.21. The molecule has 6 aromatic carbocycles. The molecule has 0 atom stereocenters. The third kappa shape index (κ3) is 3.59. The van der Waals surface area contributed by atoms with Crippen LogP contribution < -0.4 is 25.9 Å². The quantitative estimate of drug-likeness (QED) is 0.226. The Morgan fingerprint density at radius 2 is 1.07 bits per heavy atom. The van der Waals surface area contributed by atoms with Crippen molar-refractivity contribution in [3.63, 3.8) is 0 Å². The van der Waals surface area contributed by atoms with E-state index in [0.717, 1.165) is 56.2 Å². The van der Waals surface area contributed by atoms with Gasteiger partial charge in [0.05, 0.1) is 0 Å². The van der Waals surface area contributed by atoms with Gasteiger partial charge in [0.15, 0.2) is 0 Å². The van der Waals surface area contributed by atoms with Crippen LogP contribution in [0, 0.1) is 6.92 Å². The van der Waals surface area contributed by atoms with Gasteiger partial charge in [-0.05, 0) is 69.4 Å². The summed E-state index contributed by atoms with van der Waals surface area (Å²) in [5.41, 5.74) is 11.5. The van der Waals surface area contributed by atoms with Crippen LogP contribution in [0.3, 0.4) is 0 Å². The maximum absolute atomic E-state index is 6.86. The first-order chi connectivity index (χ1) is 19.7. The van der Waals surface area contributed by atoms with Gasteiger partial charge in [0.1, 0.15) is 23.0 Å². The first-order valence-electron chi connectivity index (χ1n) is 13.7. The van der Waals surface area contributed by atoms with E-state index in [4.69, 9.17) is 9.47 Å². The van der Waals surface area contributed by atoms with E-state index in [1.54, 1.807) is 0 Å². The summed E-state index contributed by atoms with van der Waals surface area (Å²) in [7, 11) is 0. The molecule has 0 saturated carbocycles. The molecule has 188 valence electrons. The summed E-state index contributed by atoms with van der Waals surface area (Å²) in [6, 6.07) is 46.9. The van der Waals surface area contributed by atoms with Gasteiger partial charge in [0, 0.05) is 11.0 Å². The summed E-state index contributed by atoms with van der Waals surface area (Å²) in [5.74, 6) is 3.52. The highest BCUT2D eigenvalue weighted by molar-refractivity contribution is 6.98. The number of hydrogen-bond donors (Lipinski definition) is 0. The van der Waals surface area contributed by atoms with Crippen LogP contribution in [0.25, 0.3) is 33.4 Å². The lowest BCUT2D eigenvalue weighted by atomic mass is 9.34. The maximum Gasteiger partial charge on any atom is 0.260 e. The van der Waals surface area contributed by atoms with E-state index >= 15 is 0 Å². The third-order valence-electron chi connectivity index (χ3n) is 8.16. The van der Waals surface area contributed by atoms with Crippen molar-refractivity contribution < 1.29 is 9.47 Å². The molecule has 0 amide bonds. The van der Waals surface area contributed by atoms with Crippen molar-refractivity contribution in [1.29, 1.82) is 0 Å². The van der Waals surface area contributed by atoms with Crippen molar-refractivity contribution in [3.8, 4) is 56.4 Å². The van der Waals surface area contributed by atoms with Gasteiger partial charge < -0.3 is 9.47 Å². The van der Waals surface area contributed by atoms with Crippen molar-refractivity contribution in [2.24, 2.45) is 0 Å². The molecule has 2 nitrogen and oxygen atoms in total. The molecule has 0 bridgehead atoms. The molecule has 0 aliphatic carbocycles. The van der Waals surface area contributed by atoms with Gasteiger partial charge in [-0.3, -0.25) is 0 Å².